The average Bonchev–Trinajstić information content (AvgIpc) is 3.34. The molecule has 196 valence electrons. The van der Waals surface area contributed by atoms with Gasteiger partial charge in [0.15, 0.2) is 0 Å². The van der Waals surface area contributed by atoms with Crippen molar-refractivity contribution in [3.63, 3.8) is 0 Å². The van der Waals surface area contributed by atoms with E-state index in [0.29, 0.717) is 18.8 Å². The van der Waals surface area contributed by atoms with Crippen LogP contribution in [0.2, 0.25) is 0 Å². The van der Waals surface area contributed by atoms with Gasteiger partial charge >= 0.3 is 0 Å². The molecule has 0 radical (unpaired) electrons. The van der Waals surface area contributed by atoms with E-state index in [1.807, 2.05) is 78.3 Å². The molecule has 5 aromatic rings. The summed E-state index contributed by atoms with van der Waals surface area (Å²) < 4.78 is 27.2. The number of anilines is 3. The van der Waals surface area contributed by atoms with Crippen LogP contribution in [0.3, 0.4) is 0 Å². The van der Waals surface area contributed by atoms with E-state index in [9.17, 15) is 4.39 Å². The number of benzene rings is 3. The Bertz CT molecular complexity index is 1590. The first-order valence-electron chi connectivity index (χ1n) is 12.3. The van der Waals surface area contributed by atoms with Crippen LogP contribution in [0.1, 0.15) is 16.8 Å². The Morgan fingerprint density at radius 2 is 1.54 bits per heavy atom. The number of nitrogens with zero attached hydrogens (tertiary/aromatic N) is 5. The third kappa shape index (κ3) is 5.60. The Labute approximate surface area is 225 Å². The number of nitriles is 1. The van der Waals surface area contributed by atoms with Gasteiger partial charge in [-0.1, -0.05) is 24.3 Å². The molecule has 0 saturated carbocycles. The van der Waals surface area contributed by atoms with Crippen LogP contribution in [0.15, 0.2) is 79.1 Å². The fourth-order valence-electron chi connectivity index (χ4n) is 4.40. The van der Waals surface area contributed by atoms with Gasteiger partial charge in [0.05, 0.1) is 37.4 Å². The van der Waals surface area contributed by atoms with E-state index in [1.54, 1.807) is 20.5 Å². The van der Waals surface area contributed by atoms with Gasteiger partial charge < -0.3 is 24.3 Å². The number of aryl methyl sites for hydroxylation is 1. The quantitative estimate of drug-likeness (QED) is 0.240. The molecule has 0 aliphatic rings. The predicted molar refractivity (Wildman–Crippen MR) is 149 cm³/mol. The molecule has 0 amide bonds. The van der Waals surface area contributed by atoms with Crippen LogP contribution in [0.25, 0.3) is 11.0 Å². The second kappa shape index (κ2) is 11.1. The number of pyridine rings is 1. The van der Waals surface area contributed by atoms with E-state index in [0.717, 1.165) is 39.3 Å². The fourth-order valence-corrected chi connectivity index (χ4v) is 4.40. The zero-order valence-corrected chi connectivity index (χ0v) is 21.9. The highest BCUT2D eigenvalue weighted by atomic mass is 19.1. The largest absolute Gasteiger partial charge is 0.497 e. The van der Waals surface area contributed by atoms with Crippen molar-refractivity contribution >= 4 is 28.1 Å². The second-order valence-corrected chi connectivity index (χ2v) is 9.04. The Morgan fingerprint density at radius 3 is 2.08 bits per heavy atom. The van der Waals surface area contributed by atoms with Gasteiger partial charge in [0.25, 0.3) is 0 Å². The zero-order chi connectivity index (χ0) is 27.4. The molecule has 39 heavy (non-hydrogen) atoms. The summed E-state index contributed by atoms with van der Waals surface area (Å²) in [5.41, 5.74) is 5.63. The highest BCUT2D eigenvalue weighted by Crippen LogP contribution is 2.34. The van der Waals surface area contributed by atoms with Gasteiger partial charge in [0, 0.05) is 25.8 Å². The molecule has 3 aromatic carbocycles. The first-order chi connectivity index (χ1) is 19.0. The molecule has 0 saturated heterocycles. The van der Waals surface area contributed by atoms with Crippen molar-refractivity contribution in [1.29, 1.82) is 5.26 Å². The minimum absolute atomic E-state index is 0.0194. The fraction of sp³-hybridized carbons (Fsp3) is 0.167. The third-order valence-electron chi connectivity index (χ3n) is 6.46. The molecule has 5 rings (SSSR count). The van der Waals surface area contributed by atoms with Gasteiger partial charge in [-0.05, 0) is 59.7 Å². The van der Waals surface area contributed by atoms with E-state index >= 15 is 0 Å². The van der Waals surface area contributed by atoms with Crippen molar-refractivity contribution in [3.8, 4) is 17.6 Å². The smallest absolute Gasteiger partial charge is 0.237 e. The molecule has 2 aromatic heterocycles. The topological polar surface area (TPSA) is 88.2 Å². The van der Waals surface area contributed by atoms with Crippen LogP contribution >= 0.6 is 0 Å². The highest BCUT2D eigenvalue weighted by molar-refractivity contribution is 5.93. The summed E-state index contributed by atoms with van der Waals surface area (Å²) in [6.07, 6.45) is 1.76. The molecule has 0 aliphatic heterocycles. The maximum absolute atomic E-state index is 14.6. The maximum atomic E-state index is 14.6. The lowest BCUT2D eigenvalue weighted by Gasteiger charge is -2.27. The Morgan fingerprint density at radius 1 is 0.923 bits per heavy atom. The Balaban J connectivity index is 1.57. The van der Waals surface area contributed by atoms with Crippen molar-refractivity contribution in [1.82, 2.24) is 14.5 Å². The molecule has 2 heterocycles. The minimum atomic E-state index is -0.742. The van der Waals surface area contributed by atoms with Crippen LogP contribution in [0, 0.1) is 17.3 Å². The second-order valence-electron chi connectivity index (χ2n) is 9.04. The Hall–Kier alpha value is -5.10. The lowest BCUT2D eigenvalue weighted by Crippen LogP contribution is -2.22. The van der Waals surface area contributed by atoms with Gasteiger partial charge in [-0.2, -0.15) is 9.65 Å². The summed E-state index contributed by atoms with van der Waals surface area (Å²) in [5.74, 6) is 0.836. The number of hydrogen-bond acceptors (Lipinski definition) is 7. The molecular weight excluding hydrogens is 495 g/mol. The molecular formula is C30H27FN6O2. The first-order valence-corrected chi connectivity index (χ1v) is 12.3. The lowest BCUT2D eigenvalue weighted by molar-refractivity contribution is 0.414. The van der Waals surface area contributed by atoms with Gasteiger partial charge in [-0.15, -0.1) is 0 Å². The molecule has 0 atom stereocenters. The number of aromatic nitrogens is 3. The van der Waals surface area contributed by atoms with E-state index in [2.05, 4.69) is 15.2 Å². The first kappa shape index (κ1) is 25.5. The third-order valence-corrected chi connectivity index (χ3v) is 6.46. The summed E-state index contributed by atoms with van der Waals surface area (Å²) in [5, 5.41) is 12.2. The monoisotopic (exact) mass is 522 g/mol. The summed E-state index contributed by atoms with van der Waals surface area (Å²) in [6, 6.07) is 24.6. The number of fused-ring (bicyclic) bond motifs is 1. The normalized spacial score (nSPS) is 10.7. The van der Waals surface area contributed by atoms with Gasteiger partial charge in [-0.25, -0.2) is 9.97 Å². The van der Waals surface area contributed by atoms with Crippen molar-refractivity contribution < 1.29 is 13.9 Å². The molecule has 8 nitrogen and oxygen atoms in total. The van der Waals surface area contributed by atoms with Crippen LogP contribution in [-0.2, 0) is 20.1 Å². The van der Waals surface area contributed by atoms with Crippen molar-refractivity contribution in [2.45, 2.75) is 13.1 Å². The molecule has 0 aliphatic carbocycles. The van der Waals surface area contributed by atoms with Crippen molar-refractivity contribution in [3.05, 3.63) is 102 Å². The molecule has 0 fully saturated rings. The van der Waals surface area contributed by atoms with Crippen LogP contribution < -0.4 is 19.7 Å². The summed E-state index contributed by atoms with van der Waals surface area (Å²) in [7, 11) is 5.21. The van der Waals surface area contributed by atoms with Crippen LogP contribution in [0.4, 0.5) is 21.5 Å². The molecule has 1 N–H and O–H groups in total. The molecule has 0 bridgehead atoms. The van der Waals surface area contributed by atoms with E-state index in [1.165, 1.54) is 12.1 Å². The summed E-state index contributed by atoms with van der Waals surface area (Å²) >= 11 is 0. The molecule has 0 unspecified atom stereocenters. The number of rotatable bonds is 9. The van der Waals surface area contributed by atoms with Crippen LogP contribution in [-0.4, -0.2) is 28.8 Å². The SMILES string of the molecule is COc1ccc(CN(Cc2ccc(OC)cc2)c2cc(Nc3ccc(C#N)nc3F)cc3c2ncn3C)cc1. The van der Waals surface area contributed by atoms with Gasteiger partial charge in [0.2, 0.25) is 5.95 Å². The standard InChI is InChI=1S/C30H27FN6O2/c1-36-19-33-29-27(36)14-23(34-26-13-8-22(16-32)35-30(26)31)15-28(29)37(17-20-4-9-24(38-2)10-5-20)18-21-6-11-25(39-3)12-7-21/h4-15,19,34H,17-18H2,1-3H3. The average molecular weight is 523 g/mol. The molecule has 0 spiro atoms. The van der Waals surface area contributed by atoms with E-state index < -0.39 is 5.95 Å². The summed E-state index contributed by atoms with van der Waals surface area (Å²) in [6.45, 7) is 1.19. The Kier molecular flexibility index (Phi) is 7.28. The predicted octanol–water partition coefficient (Wildman–Crippen LogP) is 5.95. The van der Waals surface area contributed by atoms with E-state index in [-0.39, 0.29) is 11.4 Å². The number of ether oxygens (including phenoxy) is 2. The minimum Gasteiger partial charge on any atom is -0.497 e. The highest BCUT2D eigenvalue weighted by Gasteiger charge is 2.18. The van der Waals surface area contributed by atoms with E-state index in [4.69, 9.17) is 19.7 Å². The van der Waals surface area contributed by atoms with Gasteiger partial charge in [0.1, 0.15) is 28.8 Å². The number of hydrogen-bond donors (Lipinski definition) is 1. The molecule has 9 heteroatoms. The number of imidazole rings is 1. The van der Waals surface area contributed by atoms with Gasteiger partial charge in [-0.3, -0.25) is 0 Å². The zero-order valence-electron chi connectivity index (χ0n) is 21.9. The maximum Gasteiger partial charge on any atom is 0.237 e. The number of halogens is 1. The number of nitrogens with one attached hydrogen (secondary N) is 1. The number of methoxy groups -OCH3 is 2. The van der Waals surface area contributed by atoms with Crippen LogP contribution in [0.5, 0.6) is 11.5 Å². The van der Waals surface area contributed by atoms with Crippen molar-refractivity contribution in [2.75, 3.05) is 24.4 Å². The summed E-state index contributed by atoms with van der Waals surface area (Å²) in [4.78, 5) is 10.6. The lowest BCUT2D eigenvalue weighted by atomic mass is 10.1. The van der Waals surface area contributed by atoms with Crippen molar-refractivity contribution in [2.24, 2.45) is 7.05 Å².